The molecule has 5 nitrogen and oxygen atoms in total. The molecule has 5 heteroatoms. The van der Waals surface area contributed by atoms with Crippen LogP contribution >= 0.6 is 0 Å². The summed E-state index contributed by atoms with van der Waals surface area (Å²) in [6, 6.07) is 5.18. The van der Waals surface area contributed by atoms with Crippen molar-refractivity contribution >= 4 is 11.4 Å². The van der Waals surface area contributed by atoms with Crippen molar-refractivity contribution < 1.29 is 9.66 Å². The van der Waals surface area contributed by atoms with Gasteiger partial charge < -0.3 is 10.1 Å². The van der Waals surface area contributed by atoms with E-state index < -0.39 is 4.92 Å². The Bertz CT molecular complexity index is 433. The highest BCUT2D eigenvalue weighted by Crippen LogP contribution is 2.30. The molecule has 0 fully saturated rings. The fraction of sp³-hybridized carbons (Fsp3) is 0.571. The van der Waals surface area contributed by atoms with Crippen LogP contribution < -0.4 is 10.1 Å². The molecule has 1 aromatic carbocycles. The maximum absolute atomic E-state index is 10.8. The maximum atomic E-state index is 10.8. The lowest BCUT2D eigenvalue weighted by atomic mass is 10.0. The molecule has 1 rings (SSSR count). The number of rotatable bonds is 7. The molecule has 0 aliphatic carbocycles. The molecule has 19 heavy (non-hydrogen) atoms. The Labute approximate surface area is 114 Å². The van der Waals surface area contributed by atoms with Gasteiger partial charge in [-0.15, -0.1) is 0 Å². The van der Waals surface area contributed by atoms with Gasteiger partial charge in [0.05, 0.1) is 12.0 Å². The third-order valence-electron chi connectivity index (χ3n) is 2.97. The van der Waals surface area contributed by atoms with Gasteiger partial charge in [-0.05, 0) is 31.7 Å². The first-order valence-corrected chi connectivity index (χ1v) is 6.53. The average molecular weight is 266 g/mol. The van der Waals surface area contributed by atoms with Gasteiger partial charge in [-0.25, -0.2) is 0 Å². The zero-order valence-electron chi connectivity index (χ0n) is 12.0. The zero-order valence-corrected chi connectivity index (χ0v) is 12.0. The molecular formula is C14H22N2O3. The van der Waals surface area contributed by atoms with Crippen LogP contribution in [0, 0.1) is 16.0 Å². The quantitative estimate of drug-likeness (QED) is 0.601. The second kappa shape index (κ2) is 6.97. The van der Waals surface area contributed by atoms with Gasteiger partial charge in [0.15, 0.2) is 5.75 Å². The molecule has 1 unspecified atom stereocenters. The summed E-state index contributed by atoms with van der Waals surface area (Å²) >= 11 is 0. The summed E-state index contributed by atoms with van der Waals surface area (Å²) in [7, 11) is 1.44. The third kappa shape index (κ3) is 4.77. The molecule has 0 bridgehead atoms. The Hall–Kier alpha value is -1.78. The van der Waals surface area contributed by atoms with Gasteiger partial charge in [0, 0.05) is 23.9 Å². The number of nitrogens with one attached hydrogen (secondary N) is 1. The van der Waals surface area contributed by atoms with E-state index in [1.807, 2.05) is 0 Å². The predicted octanol–water partition coefficient (Wildman–Crippen LogP) is 3.84. The van der Waals surface area contributed by atoms with E-state index in [2.05, 4.69) is 26.1 Å². The Morgan fingerprint density at radius 3 is 2.53 bits per heavy atom. The first kappa shape index (κ1) is 15.3. The molecule has 0 heterocycles. The van der Waals surface area contributed by atoms with E-state index >= 15 is 0 Å². The normalized spacial score (nSPS) is 12.3. The van der Waals surface area contributed by atoms with Crippen LogP contribution in [0.2, 0.25) is 0 Å². The van der Waals surface area contributed by atoms with Crippen molar-refractivity contribution in [2.45, 2.75) is 39.7 Å². The molecule has 0 aromatic heterocycles. The van der Waals surface area contributed by atoms with Crippen molar-refractivity contribution in [3.63, 3.8) is 0 Å². The van der Waals surface area contributed by atoms with Gasteiger partial charge in [0.1, 0.15) is 0 Å². The number of nitro groups is 1. The molecule has 1 atom stereocenters. The van der Waals surface area contributed by atoms with E-state index in [4.69, 9.17) is 4.74 Å². The number of nitrogens with zero attached hydrogens (tertiary/aromatic N) is 1. The topological polar surface area (TPSA) is 64.4 Å². The molecule has 0 aliphatic rings. The van der Waals surface area contributed by atoms with Crippen molar-refractivity contribution in [1.29, 1.82) is 0 Å². The number of benzene rings is 1. The first-order valence-electron chi connectivity index (χ1n) is 6.53. The lowest BCUT2D eigenvalue weighted by Crippen LogP contribution is -2.15. The van der Waals surface area contributed by atoms with Crippen LogP contribution in [0.5, 0.6) is 5.75 Å². The second-order valence-electron chi connectivity index (χ2n) is 5.16. The first-order chi connectivity index (χ1) is 8.93. The van der Waals surface area contributed by atoms with E-state index in [9.17, 15) is 10.1 Å². The van der Waals surface area contributed by atoms with Crippen LogP contribution in [-0.4, -0.2) is 18.1 Å². The van der Waals surface area contributed by atoms with Gasteiger partial charge >= 0.3 is 5.69 Å². The Morgan fingerprint density at radius 1 is 1.32 bits per heavy atom. The minimum absolute atomic E-state index is 0.0112. The third-order valence-corrected chi connectivity index (χ3v) is 2.97. The van der Waals surface area contributed by atoms with Gasteiger partial charge in [-0.3, -0.25) is 10.1 Å². The van der Waals surface area contributed by atoms with Crippen molar-refractivity contribution in [2.75, 3.05) is 12.4 Å². The average Bonchev–Trinajstić information content (AvgIpc) is 2.35. The smallest absolute Gasteiger partial charge is 0.311 e. The minimum atomic E-state index is -0.440. The van der Waals surface area contributed by atoms with Crippen LogP contribution in [0.25, 0.3) is 0 Å². The standard InChI is InChI=1S/C14H22N2O3/c1-10(2)5-6-11(3)15-12-7-8-13(16(17)18)14(9-12)19-4/h7-11,15H,5-6H2,1-4H3. The maximum Gasteiger partial charge on any atom is 0.311 e. The predicted molar refractivity (Wildman–Crippen MR) is 76.8 cm³/mol. The van der Waals surface area contributed by atoms with E-state index in [-0.39, 0.29) is 11.4 Å². The Kier molecular flexibility index (Phi) is 5.60. The van der Waals surface area contributed by atoms with Gasteiger partial charge in [0.2, 0.25) is 0 Å². The highest BCUT2D eigenvalue weighted by atomic mass is 16.6. The fourth-order valence-corrected chi connectivity index (χ4v) is 1.86. The fourth-order valence-electron chi connectivity index (χ4n) is 1.86. The van der Waals surface area contributed by atoms with Gasteiger partial charge in [-0.2, -0.15) is 0 Å². The van der Waals surface area contributed by atoms with E-state index in [1.54, 1.807) is 12.1 Å². The molecule has 1 N–H and O–H groups in total. The summed E-state index contributed by atoms with van der Waals surface area (Å²) in [5, 5.41) is 14.1. The molecule has 1 aromatic rings. The molecular weight excluding hydrogens is 244 g/mol. The lowest BCUT2D eigenvalue weighted by molar-refractivity contribution is -0.385. The highest BCUT2D eigenvalue weighted by molar-refractivity contribution is 5.58. The van der Waals surface area contributed by atoms with Crippen LogP contribution in [0.3, 0.4) is 0 Å². The van der Waals surface area contributed by atoms with Crippen LogP contribution in [0.15, 0.2) is 18.2 Å². The lowest BCUT2D eigenvalue weighted by Gasteiger charge is -2.16. The molecule has 0 spiro atoms. The second-order valence-corrected chi connectivity index (χ2v) is 5.16. The largest absolute Gasteiger partial charge is 0.490 e. The highest BCUT2D eigenvalue weighted by Gasteiger charge is 2.15. The van der Waals surface area contributed by atoms with Crippen LogP contribution in [-0.2, 0) is 0 Å². The van der Waals surface area contributed by atoms with Crippen molar-refractivity contribution in [3.05, 3.63) is 28.3 Å². The summed E-state index contributed by atoms with van der Waals surface area (Å²) in [6.07, 6.45) is 2.22. The summed E-state index contributed by atoms with van der Waals surface area (Å²) in [5.74, 6) is 0.960. The Morgan fingerprint density at radius 2 is 2.00 bits per heavy atom. The van der Waals surface area contributed by atoms with E-state index in [1.165, 1.54) is 13.2 Å². The van der Waals surface area contributed by atoms with E-state index in [0.717, 1.165) is 18.5 Å². The monoisotopic (exact) mass is 266 g/mol. The number of hydrogen-bond donors (Lipinski definition) is 1. The number of methoxy groups -OCH3 is 1. The number of ether oxygens (including phenoxy) is 1. The molecule has 0 aliphatic heterocycles. The summed E-state index contributed by atoms with van der Waals surface area (Å²) in [5.41, 5.74) is 0.835. The molecule has 106 valence electrons. The number of nitro benzene ring substituents is 1. The molecule has 0 saturated carbocycles. The van der Waals surface area contributed by atoms with Gasteiger partial charge in [-0.1, -0.05) is 13.8 Å². The molecule has 0 radical (unpaired) electrons. The Balaban J connectivity index is 2.71. The zero-order chi connectivity index (χ0) is 14.4. The number of hydrogen-bond acceptors (Lipinski definition) is 4. The molecule has 0 amide bonds. The van der Waals surface area contributed by atoms with Crippen molar-refractivity contribution in [3.8, 4) is 5.75 Å². The van der Waals surface area contributed by atoms with E-state index in [0.29, 0.717) is 12.0 Å². The summed E-state index contributed by atoms with van der Waals surface area (Å²) < 4.78 is 5.05. The van der Waals surface area contributed by atoms with Crippen LogP contribution in [0.4, 0.5) is 11.4 Å². The van der Waals surface area contributed by atoms with Crippen molar-refractivity contribution in [2.24, 2.45) is 5.92 Å². The van der Waals surface area contributed by atoms with Gasteiger partial charge in [0.25, 0.3) is 0 Å². The minimum Gasteiger partial charge on any atom is -0.490 e. The SMILES string of the molecule is COc1cc(NC(C)CCC(C)C)ccc1[N+](=O)[O-]. The van der Waals surface area contributed by atoms with Crippen LogP contribution in [0.1, 0.15) is 33.6 Å². The summed E-state index contributed by atoms with van der Waals surface area (Å²) in [6.45, 7) is 6.50. The van der Waals surface area contributed by atoms with Crippen molar-refractivity contribution in [1.82, 2.24) is 0 Å². The number of anilines is 1. The molecule has 0 saturated heterocycles. The summed E-state index contributed by atoms with van der Waals surface area (Å²) in [4.78, 5) is 10.4.